The van der Waals surface area contributed by atoms with Crippen molar-refractivity contribution in [3.05, 3.63) is 194 Å². The van der Waals surface area contributed by atoms with E-state index in [2.05, 4.69) is 168 Å². The Labute approximate surface area is 363 Å². The molecule has 0 radical (unpaired) electrons. The lowest BCUT2D eigenvalue weighted by atomic mass is 10.0. The summed E-state index contributed by atoms with van der Waals surface area (Å²) in [6.07, 6.45) is 0. The van der Waals surface area contributed by atoms with E-state index in [1.165, 1.54) is 63.5 Å². The maximum absolute atomic E-state index is 6.66. The number of hydrogen-bond donors (Lipinski definition) is 0. The summed E-state index contributed by atoms with van der Waals surface area (Å²) in [6, 6.07) is 69.2. The highest BCUT2D eigenvalue weighted by molar-refractivity contribution is 7.25. The molecule has 14 rings (SSSR count). The van der Waals surface area contributed by atoms with Crippen molar-refractivity contribution in [1.82, 2.24) is 19.5 Å². The van der Waals surface area contributed by atoms with E-state index >= 15 is 0 Å². The predicted molar refractivity (Wildman–Crippen MR) is 263 cm³/mol. The number of nitrogens with zero attached hydrogens (tertiary/aromatic N) is 4. The quantitative estimate of drug-likeness (QED) is 0.177. The lowest BCUT2D eigenvalue weighted by Crippen LogP contribution is -2.00. The zero-order valence-corrected chi connectivity index (χ0v) is 34.4. The molecule has 5 nitrogen and oxygen atoms in total. The van der Waals surface area contributed by atoms with Crippen molar-refractivity contribution in [1.29, 1.82) is 0 Å². The first kappa shape index (κ1) is 34.5. The van der Waals surface area contributed by atoms with Gasteiger partial charge in [0.1, 0.15) is 11.2 Å². The fourth-order valence-corrected chi connectivity index (χ4v) is 10.9. The Bertz CT molecular complexity index is 4220. The third-order valence-corrected chi connectivity index (χ3v) is 13.9. The number of benzene rings is 10. The van der Waals surface area contributed by atoms with Crippen LogP contribution < -0.4 is 0 Å². The summed E-state index contributed by atoms with van der Waals surface area (Å²) in [4.78, 5) is 15.2. The molecule has 0 saturated carbocycles. The third kappa shape index (κ3) is 5.25. The molecule has 0 amide bonds. The van der Waals surface area contributed by atoms with Crippen LogP contribution in [0.25, 0.3) is 136 Å². The molecule has 0 atom stereocenters. The molecule has 4 aromatic heterocycles. The van der Waals surface area contributed by atoms with Crippen LogP contribution in [-0.4, -0.2) is 19.5 Å². The number of furan rings is 1. The number of thiophene rings is 1. The molecule has 0 bridgehead atoms. The van der Waals surface area contributed by atoms with Crippen LogP contribution in [0.15, 0.2) is 199 Å². The van der Waals surface area contributed by atoms with Crippen molar-refractivity contribution < 1.29 is 4.42 Å². The second-order valence-electron chi connectivity index (χ2n) is 16.4. The van der Waals surface area contributed by atoms with Crippen LogP contribution in [0.1, 0.15) is 0 Å². The molecule has 0 fully saturated rings. The Morgan fingerprint density at radius 2 is 1.00 bits per heavy atom. The van der Waals surface area contributed by atoms with Gasteiger partial charge < -0.3 is 8.98 Å². The summed E-state index contributed by atoms with van der Waals surface area (Å²) in [5.41, 5.74) is 7.88. The van der Waals surface area contributed by atoms with Gasteiger partial charge in [-0.15, -0.1) is 11.3 Å². The Morgan fingerprint density at radius 3 is 1.86 bits per heavy atom. The Hall–Kier alpha value is -8.19. The fraction of sp³-hybridized carbons (Fsp3) is 0. The van der Waals surface area contributed by atoms with Crippen molar-refractivity contribution in [2.75, 3.05) is 0 Å². The zero-order chi connectivity index (χ0) is 41.2. The lowest BCUT2D eigenvalue weighted by Gasteiger charge is -2.11. The van der Waals surface area contributed by atoms with Crippen LogP contribution in [-0.2, 0) is 0 Å². The summed E-state index contributed by atoms with van der Waals surface area (Å²) in [7, 11) is 0. The van der Waals surface area contributed by atoms with Crippen LogP contribution in [0.5, 0.6) is 0 Å². The molecule has 14 aromatic rings. The van der Waals surface area contributed by atoms with Gasteiger partial charge in [0.15, 0.2) is 17.5 Å². The summed E-state index contributed by atoms with van der Waals surface area (Å²) < 4.78 is 11.6. The van der Waals surface area contributed by atoms with Crippen molar-refractivity contribution in [3.63, 3.8) is 0 Å². The van der Waals surface area contributed by atoms with E-state index < -0.39 is 0 Å². The normalized spacial score (nSPS) is 12.1. The standard InChI is InChI=1S/C57H32N4OS/c1-2-11-34(12-3-1)55-58-56(38-21-27-52-45(30-38)43-16-8-9-17-51(43)63-52)60-57(59-55)39-18-23-44-50(32-39)62-49-26-20-37-28-40(22-24-42(37)54(44)49)61-47-25-19-33-10-6-7-15-41(33)53(47)46-29-35-13-4-5-14-36(35)31-48(46)61/h1-32H. The highest BCUT2D eigenvalue weighted by Gasteiger charge is 2.19. The summed E-state index contributed by atoms with van der Waals surface area (Å²) in [6.45, 7) is 0. The molecule has 0 saturated heterocycles. The molecule has 292 valence electrons. The largest absolute Gasteiger partial charge is 0.456 e. The van der Waals surface area contributed by atoms with Crippen LogP contribution in [0.2, 0.25) is 0 Å². The predicted octanol–water partition coefficient (Wildman–Crippen LogP) is 15.7. The van der Waals surface area contributed by atoms with Gasteiger partial charge in [-0.2, -0.15) is 0 Å². The Morgan fingerprint density at radius 1 is 0.349 bits per heavy atom. The second-order valence-corrected chi connectivity index (χ2v) is 17.5. The molecule has 0 aliphatic carbocycles. The SMILES string of the molecule is c1ccc(-c2nc(-c3ccc4c(c3)oc3ccc5cc(-n6c7cc8ccccc8cc7c7c8ccccc8ccc76)ccc5c34)nc(-c3ccc4sc5ccccc5c4c3)n2)cc1. The first-order valence-corrected chi connectivity index (χ1v) is 22.0. The molecular formula is C57H32N4OS. The molecule has 10 aromatic carbocycles. The van der Waals surface area contributed by atoms with E-state index in [1.807, 2.05) is 30.3 Å². The molecule has 4 heterocycles. The van der Waals surface area contributed by atoms with Crippen molar-refractivity contribution in [2.24, 2.45) is 0 Å². The second kappa shape index (κ2) is 13.2. The van der Waals surface area contributed by atoms with Gasteiger partial charge in [0.05, 0.1) is 11.0 Å². The highest BCUT2D eigenvalue weighted by Crippen LogP contribution is 2.42. The van der Waals surface area contributed by atoms with E-state index in [-0.39, 0.29) is 0 Å². The van der Waals surface area contributed by atoms with Gasteiger partial charge in [-0.3, -0.25) is 0 Å². The molecule has 63 heavy (non-hydrogen) atoms. The molecular weight excluding hydrogens is 789 g/mol. The van der Waals surface area contributed by atoms with Gasteiger partial charge in [0.25, 0.3) is 0 Å². The average molecular weight is 821 g/mol. The summed E-state index contributed by atoms with van der Waals surface area (Å²) in [5, 5.41) is 14.4. The maximum Gasteiger partial charge on any atom is 0.164 e. The van der Waals surface area contributed by atoms with E-state index in [4.69, 9.17) is 19.4 Å². The smallest absolute Gasteiger partial charge is 0.164 e. The minimum Gasteiger partial charge on any atom is -0.456 e. The van der Waals surface area contributed by atoms with Gasteiger partial charge in [-0.05, 0) is 105 Å². The van der Waals surface area contributed by atoms with E-state index in [1.54, 1.807) is 11.3 Å². The highest BCUT2D eigenvalue weighted by atomic mass is 32.1. The van der Waals surface area contributed by atoms with Crippen molar-refractivity contribution in [2.45, 2.75) is 0 Å². The molecule has 0 aliphatic rings. The van der Waals surface area contributed by atoms with Gasteiger partial charge in [-0.25, -0.2) is 15.0 Å². The minimum absolute atomic E-state index is 0.595. The number of aromatic nitrogens is 4. The number of rotatable bonds is 4. The fourth-order valence-electron chi connectivity index (χ4n) is 9.84. The lowest BCUT2D eigenvalue weighted by molar-refractivity contribution is 0.669. The first-order chi connectivity index (χ1) is 31.2. The maximum atomic E-state index is 6.66. The first-order valence-electron chi connectivity index (χ1n) is 21.2. The van der Waals surface area contributed by atoms with Crippen molar-refractivity contribution in [3.8, 4) is 39.9 Å². The van der Waals surface area contributed by atoms with Gasteiger partial charge >= 0.3 is 0 Å². The van der Waals surface area contributed by atoms with E-state index in [0.717, 1.165) is 55.1 Å². The van der Waals surface area contributed by atoms with E-state index in [9.17, 15) is 0 Å². The van der Waals surface area contributed by atoms with Crippen LogP contribution in [0.3, 0.4) is 0 Å². The molecule has 0 spiro atoms. The Kier molecular flexibility index (Phi) is 7.21. The van der Waals surface area contributed by atoms with Crippen LogP contribution in [0, 0.1) is 0 Å². The van der Waals surface area contributed by atoms with Gasteiger partial charge in [0, 0.05) is 64.1 Å². The van der Waals surface area contributed by atoms with E-state index in [0.29, 0.717) is 17.5 Å². The van der Waals surface area contributed by atoms with Crippen LogP contribution >= 0.6 is 11.3 Å². The molecule has 6 heteroatoms. The van der Waals surface area contributed by atoms with Crippen LogP contribution in [0.4, 0.5) is 0 Å². The topological polar surface area (TPSA) is 56.7 Å². The number of hydrogen-bond acceptors (Lipinski definition) is 5. The summed E-state index contributed by atoms with van der Waals surface area (Å²) in [5.74, 6) is 1.85. The van der Waals surface area contributed by atoms with Crippen molar-refractivity contribution >= 4 is 108 Å². The third-order valence-electron chi connectivity index (χ3n) is 12.8. The molecule has 0 aliphatic heterocycles. The van der Waals surface area contributed by atoms with Gasteiger partial charge in [-0.1, -0.05) is 121 Å². The molecule has 0 N–H and O–H groups in total. The minimum atomic E-state index is 0.595. The Balaban J connectivity index is 0.918. The zero-order valence-electron chi connectivity index (χ0n) is 33.6. The monoisotopic (exact) mass is 820 g/mol. The van der Waals surface area contributed by atoms with Gasteiger partial charge in [0.2, 0.25) is 0 Å². The number of fused-ring (bicyclic) bond motifs is 14. The molecule has 0 unspecified atom stereocenters. The average Bonchev–Trinajstić information content (AvgIpc) is 4.02. The summed E-state index contributed by atoms with van der Waals surface area (Å²) >= 11 is 1.81.